The highest BCUT2D eigenvalue weighted by Gasteiger charge is 2.23. The van der Waals surface area contributed by atoms with E-state index >= 15 is 0 Å². The molecule has 0 aliphatic heterocycles. The minimum Gasteiger partial charge on any atom is -0.455 e. The van der Waals surface area contributed by atoms with E-state index in [1.807, 2.05) is 66.7 Å². The van der Waals surface area contributed by atoms with E-state index in [2.05, 4.69) is 108 Å². The number of nitrogens with zero attached hydrogens (tertiary/aromatic N) is 1. The highest BCUT2D eigenvalue weighted by molar-refractivity contribution is 6.28. The Bertz CT molecular complexity index is 3050. The molecule has 57 heavy (non-hydrogen) atoms. The molecule has 0 saturated heterocycles. The zero-order chi connectivity index (χ0) is 38.5. The summed E-state index contributed by atoms with van der Waals surface area (Å²) in [5.74, 6) is -1.99. The summed E-state index contributed by atoms with van der Waals surface area (Å²) in [7, 11) is 0. The van der Waals surface area contributed by atoms with Gasteiger partial charge in [-0.05, 0) is 86.9 Å². The van der Waals surface area contributed by atoms with Crippen molar-refractivity contribution >= 4 is 49.6 Å². The molecular weight excluding hydrogens is 712 g/mol. The molecule has 2 nitrogen and oxygen atoms in total. The van der Waals surface area contributed by atoms with Crippen molar-refractivity contribution in [2.75, 3.05) is 4.90 Å². The van der Waals surface area contributed by atoms with Gasteiger partial charge >= 0.3 is 0 Å². The van der Waals surface area contributed by atoms with Crippen LogP contribution in [0, 0.1) is 17.5 Å². The summed E-state index contributed by atoms with van der Waals surface area (Å²) in [4.78, 5) is 2.08. The van der Waals surface area contributed by atoms with E-state index in [4.69, 9.17) is 4.42 Å². The first-order chi connectivity index (χ1) is 28.0. The summed E-state index contributed by atoms with van der Waals surface area (Å²) in [5.41, 5.74) is 8.86. The van der Waals surface area contributed by atoms with E-state index in [-0.39, 0.29) is 5.56 Å². The second-order valence-electron chi connectivity index (χ2n) is 14.1. The molecule has 0 unspecified atom stereocenters. The Hall–Kier alpha value is -7.37. The molecule has 0 atom stereocenters. The molecule has 0 radical (unpaired) electrons. The standard InChI is InChI=1S/C52H32F3NO/c53-38-31-46(54)48(47(55)32-38)35-22-27-41(28-23-35)56(39-16-8-3-9-17-39)40-25-20-33(21-26-40)37-24-29-44-45(30-37)42-18-10-11-19-43(42)50-49(34-12-4-1-5-13-34)51(57-52(44)50)36-14-6-2-7-15-36/h1-32H. The fourth-order valence-electron chi connectivity index (χ4n) is 8.05. The molecule has 10 rings (SSSR count). The smallest absolute Gasteiger partial charge is 0.143 e. The van der Waals surface area contributed by atoms with E-state index in [1.54, 1.807) is 12.1 Å². The van der Waals surface area contributed by atoms with Crippen molar-refractivity contribution in [2.45, 2.75) is 0 Å². The van der Waals surface area contributed by atoms with Gasteiger partial charge in [0.2, 0.25) is 0 Å². The van der Waals surface area contributed by atoms with Gasteiger partial charge in [0.05, 0.1) is 5.56 Å². The van der Waals surface area contributed by atoms with Crippen LogP contribution in [0.5, 0.6) is 0 Å². The molecule has 0 bridgehead atoms. The Kier molecular flexibility index (Phi) is 8.41. The predicted octanol–water partition coefficient (Wildman–Crippen LogP) is 15.3. The lowest BCUT2D eigenvalue weighted by Crippen LogP contribution is -2.09. The van der Waals surface area contributed by atoms with Crippen LogP contribution in [0.25, 0.3) is 77.2 Å². The third kappa shape index (κ3) is 6.01. The van der Waals surface area contributed by atoms with Gasteiger partial charge in [-0.2, -0.15) is 0 Å². The quantitative estimate of drug-likeness (QED) is 0.151. The monoisotopic (exact) mass is 743 g/mol. The number of fused-ring (bicyclic) bond motifs is 6. The molecule has 0 saturated carbocycles. The topological polar surface area (TPSA) is 16.4 Å². The fraction of sp³-hybridized carbons (Fsp3) is 0. The summed E-state index contributed by atoms with van der Waals surface area (Å²) in [5, 5.41) is 5.53. The van der Waals surface area contributed by atoms with Crippen LogP contribution in [-0.4, -0.2) is 0 Å². The van der Waals surface area contributed by atoms with Crippen LogP contribution in [0.3, 0.4) is 0 Å². The van der Waals surface area contributed by atoms with Gasteiger partial charge in [-0.15, -0.1) is 0 Å². The molecule has 272 valence electrons. The second kappa shape index (κ2) is 14.0. The van der Waals surface area contributed by atoms with Gasteiger partial charge in [0.25, 0.3) is 0 Å². The average Bonchev–Trinajstić information content (AvgIpc) is 3.67. The second-order valence-corrected chi connectivity index (χ2v) is 14.1. The van der Waals surface area contributed by atoms with Gasteiger partial charge in [-0.1, -0.05) is 133 Å². The zero-order valence-electron chi connectivity index (χ0n) is 30.5. The summed E-state index contributed by atoms with van der Waals surface area (Å²) < 4.78 is 49.8. The lowest BCUT2D eigenvalue weighted by molar-refractivity contribution is 0.548. The van der Waals surface area contributed by atoms with Crippen LogP contribution in [0.4, 0.5) is 30.2 Å². The molecule has 0 aliphatic carbocycles. The Labute approximate surface area is 327 Å². The molecular formula is C52H32F3NO. The van der Waals surface area contributed by atoms with Crippen molar-refractivity contribution < 1.29 is 17.6 Å². The van der Waals surface area contributed by atoms with Crippen LogP contribution in [-0.2, 0) is 0 Å². The van der Waals surface area contributed by atoms with Gasteiger partial charge in [0.15, 0.2) is 0 Å². The number of furan rings is 1. The number of anilines is 3. The first-order valence-corrected chi connectivity index (χ1v) is 18.7. The first-order valence-electron chi connectivity index (χ1n) is 18.7. The largest absolute Gasteiger partial charge is 0.455 e. The average molecular weight is 744 g/mol. The molecule has 0 aliphatic rings. The van der Waals surface area contributed by atoms with Crippen molar-refractivity contribution in [1.82, 2.24) is 0 Å². The van der Waals surface area contributed by atoms with E-state index < -0.39 is 17.5 Å². The molecule has 9 aromatic carbocycles. The van der Waals surface area contributed by atoms with Crippen molar-refractivity contribution in [3.05, 3.63) is 212 Å². The number of rotatable bonds is 7. The SMILES string of the molecule is Fc1cc(F)c(-c2ccc(N(c3ccccc3)c3ccc(-c4ccc5c(c4)c4ccccc4c4c(-c6ccccc6)c(-c6ccccc6)oc54)cc3)cc2)c(F)c1. The van der Waals surface area contributed by atoms with Gasteiger partial charge in [-0.3, -0.25) is 0 Å². The Morgan fingerprint density at radius 2 is 0.842 bits per heavy atom. The number of hydrogen-bond donors (Lipinski definition) is 0. The number of halogens is 3. The zero-order valence-corrected chi connectivity index (χ0v) is 30.5. The van der Waals surface area contributed by atoms with Gasteiger partial charge < -0.3 is 9.32 Å². The predicted molar refractivity (Wildman–Crippen MR) is 228 cm³/mol. The van der Waals surface area contributed by atoms with Crippen molar-refractivity contribution in [1.29, 1.82) is 0 Å². The molecule has 1 heterocycles. The first kappa shape index (κ1) is 34.1. The molecule has 0 fully saturated rings. The van der Waals surface area contributed by atoms with Crippen molar-refractivity contribution in [3.63, 3.8) is 0 Å². The number of benzene rings is 9. The van der Waals surface area contributed by atoms with Gasteiger partial charge in [-0.25, -0.2) is 13.2 Å². The Morgan fingerprint density at radius 1 is 0.351 bits per heavy atom. The van der Waals surface area contributed by atoms with Crippen LogP contribution >= 0.6 is 0 Å². The van der Waals surface area contributed by atoms with E-state index in [0.29, 0.717) is 17.7 Å². The fourth-order valence-corrected chi connectivity index (χ4v) is 8.05. The molecule has 5 heteroatoms. The summed E-state index contributed by atoms with van der Waals surface area (Å²) in [6.07, 6.45) is 0. The molecule has 0 amide bonds. The van der Waals surface area contributed by atoms with Crippen molar-refractivity contribution in [2.24, 2.45) is 0 Å². The lowest BCUT2D eigenvalue weighted by Gasteiger charge is -2.26. The minimum absolute atomic E-state index is 0.261. The maximum Gasteiger partial charge on any atom is 0.143 e. The minimum atomic E-state index is -0.953. The third-order valence-corrected chi connectivity index (χ3v) is 10.7. The maximum absolute atomic E-state index is 14.6. The van der Waals surface area contributed by atoms with Crippen LogP contribution in [0.1, 0.15) is 0 Å². The summed E-state index contributed by atoms with van der Waals surface area (Å²) in [6, 6.07) is 62.5. The molecule has 10 aromatic rings. The molecule has 0 N–H and O–H groups in total. The highest BCUT2D eigenvalue weighted by atomic mass is 19.1. The summed E-state index contributed by atoms with van der Waals surface area (Å²) in [6.45, 7) is 0. The highest BCUT2D eigenvalue weighted by Crippen LogP contribution is 2.48. The third-order valence-electron chi connectivity index (χ3n) is 10.7. The molecule has 1 aromatic heterocycles. The van der Waals surface area contributed by atoms with E-state index in [1.165, 1.54) is 0 Å². The van der Waals surface area contributed by atoms with Crippen LogP contribution in [0.2, 0.25) is 0 Å². The van der Waals surface area contributed by atoms with Crippen LogP contribution < -0.4 is 4.90 Å². The van der Waals surface area contributed by atoms with Gasteiger partial charge in [0.1, 0.15) is 28.8 Å². The molecule has 0 spiro atoms. The normalized spacial score (nSPS) is 11.4. The lowest BCUT2D eigenvalue weighted by atomic mass is 9.91. The number of para-hydroxylation sites is 1. The van der Waals surface area contributed by atoms with Crippen LogP contribution in [0.15, 0.2) is 199 Å². The summed E-state index contributed by atoms with van der Waals surface area (Å²) >= 11 is 0. The maximum atomic E-state index is 14.6. The van der Waals surface area contributed by atoms with E-state index in [9.17, 15) is 13.2 Å². The van der Waals surface area contributed by atoms with Crippen molar-refractivity contribution in [3.8, 4) is 44.7 Å². The Morgan fingerprint density at radius 3 is 1.47 bits per heavy atom. The van der Waals surface area contributed by atoms with Gasteiger partial charge in [0, 0.05) is 51.1 Å². The Balaban J connectivity index is 1.07. The van der Waals surface area contributed by atoms with E-state index in [0.717, 1.165) is 83.2 Å². The number of hydrogen-bond acceptors (Lipinski definition) is 2.